The number of carbonyl (C=O) groups is 1. The number of aromatic carboxylic acids is 1. The molecule has 0 atom stereocenters. The Bertz CT molecular complexity index is 1380. The number of aryl methyl sites for hydroxylation is 1. The second kappa shape index (κ2) is 12.2. The molecule has 0 aliphatic carbocycles. The molecule has 0 radical (unpaired) electrons. The van der Waals surface area contributed by atoms with Gasteiger partial charge in [0.1, 0.15) is 23.1 Å². The molecular weight excluding hydrogens is 494 g/mol. The Kier molecular flexibility index (Phi) is 8.12. The molecular formula is C31H31N3O5. The zero-order valence-electron chi connectivity index (χ0n) is 21.7. The molecule has 8 nitrogen and oxygen atoms in total. The fraction of sp³-hybridized carbons (Fsp3) is 0.226. The Balaban J connectivity index is 1.07. The third-order valence-corrected chi connectivity index (χ3v) is 6.60. The zero-order valence-corrected chi connectivity index (χ0v) is 21.7. The Morgan fingerprint density at radius 3 is 2.41 bits per heavy atom. The molecule has 39 heavy (non-hydrogen) atoms. The summed E-state index contributed by atoms with van der Waals surface area (Å²) in [6, 6.07) is 26.0. The van der Waals surface area contributed by atoms with Crippen LogP contribution in [-0.2, 0) is 0 Å². The van der Waals surface area contributed by atoms with Gasteiger partial charge >= 0.3 is 5.97 Å². The summed E-state index contributed by atoms with van der Waals surface area (Å²) in [6.07, 6.45) is 3.65. The van der Waals surface area contributed by atoms with Crippen LogP contribution in [0.15, 0.2) is 91.1 Å². The van der Waals surface area contributed by atoms with E-state index in [-0.39, 0.29) is 5.56 Å². The smallest absolute Gasteiger partial charge is 0.335 e. The molecule has 5 rings (SSSR count). The van der Waals surface area contributed by atoms with Gasteiger partial charge in [-0.05, 0) is 80.3 Å². The molecule has 0 spiro atoms. The first kappa shape index (κ1) is 25.9. The third kappa shape index (κ3) is 7.19. The van der Waals surface area contributed by atoms with E-state index in [1.165, 1.54) is 5.56 Å². The molecule has 0 saturated carbocycles. The summed E-state index contributed by atoms with van der Waals surface area (Å²) < 4.78 is 11.8. The summed E-state index contributed by atoms with van der Waals surface area (Å²) in [5.74, 6) is 3.05. The molecule has 2 heterocycles. The largest absolute Gasteiger partial charge is 0.493 e. The second-order valence-electron chi connectivity index (χ2n) is 9.57. The van der Waals surface area contributed by atoms with Crippen molar-refractivity contribution in [3.8, 4) is 23.0 Å². The minimum Gasteiger partial charge on any atom is -0.493 e. The molecule has 0 bridgehead atoms. The minimum atomic E-state index is -0.953. The number of rotatable bonds is 10. The maximum atomic E-state index is 11.1. The van der Waals surface area contributed by atoms with Crippen LogP contribution in [0.3, 0.4) is 0 Å². The van der Waals surface area contributed by atoms with Crippen molar-refractivity contribution in [1.29, 1.82) is 0 Å². The van der Waals surface area contributed by atoms with Crippen LogP contribution in [0.5, 0.6) is 23.0 Å². The summed E-state index contributed by atoms with van der Waals surface area (Å²) >= 11 is 0. The van der Waals surface area contributed by atoms with Gasteiger partial charge in [-0.3, -0.25) is 0 Å². The zero-order chi connectivity index (χ0) is 27.0. The fourth-order valence-electron chi connectivity index (χ4n) is 4.36. The van der Waals surface area contributed by atoms with Crippen LogP contribution in [0.25, 0.3) is 0 Å². The van der Waals surface area contributed by atoms with Crippen molar-refractivity contribution in [3.63, 3.8) is 0 Å². The SMILES string of the molecule is Cc1ccc(Oc2cccc(NOc3ccc(N4CCC(COc5cccc(C(=O)O)c5)CC4)nc3)c2)cc1. The number of carboxylic acid groups (broad SMARTS) is 1. The Morgan fingerprint density at radius 2 is 1.67 bits per heavy atom. The summed E-state index contributed by atoms with van der Waals surface area (Å²) in [5.41, 5.74) is 5.14. The molecule has 1 aliphatic heterocycles. The first-order valence-corrected chi connectivity index (χ1v) is 13.0. The molecule has 1 aromatic heterocycles. The lowest BCUT2D eigenvalue weighted by molar-refractivity contribution is 0.0696. The van der Waals surface area contributed by atoms with Gasteiger partial charge in [0, 0.05) is 19.2 Å². The quantitative estimate of drug-likeness (QED) is 0.224. The highest BCUT2D eigenvalue weighted by Gasteiger charge is 2.21. The molecule has 1 aliphatic rings. The number of carboxylic acids is 1. The van der Waals surface area contributed by atoms with Crippen LogP contribution in [0.2, 0.25) is 0 Å². The van der Waals surface area contributed by atoms with Gasteiger partial charge in [-0.1, -0.05) is 29.8 Å². The fourth-order valence-corrected chi connectivity index (χ4v) is 4.36. The molecule has 1 saturated heterocycles. The number of hydrogen-bond donors (Lipinski definition) is 2. The average molecular weight is 526 g/mol. The van der Waals surface area contributed by atoms with E-state index in [1.54, 1.807) is 30.5 Å². The third-order valence-electron chi connectivity index (χ3n) is 6.60. The summed E-state index contributed by atoms with van der Waals surface area (Å²) in [6.45, 7) is 4.37. The highest BCUT2D eigenvalue weighted by molar-refractivity contribution is 5.88. The Morgan fingerprint density at radius 1 is 0.923 bits per heavy atom. The van der Waals surface area contributed by atoms with E-state index in [4.69, 9.17) is 19.4 Å². The van der Waals surface area contributed by atoms with Crippen molar-refractivity contribution in [1.82, 2.24) is 4.98 Å². The standard InChI is InChI=1S/C31H31N3O5/c1-22-8-10-26(11-9-22)38-28-7-3-5-25(19-28)33-39-29-12-13-30(32-20-29)34-16-14-23(15-17-34)21-37-27-6-2-4-24(18-27)31(35)36/h2-13,18-20,23,33H,14-17,21H2,1H3,(H,35,36). The normalized spacial score (nSPS) is 13.5. The van der Waals surface area contributed by atoms with E-state index in [0.29, 0.717) is 29.8 Å². The van der Waals surface area contributed by atoms with Crippen molar-refractivity contribution in [2.45, 2.75) is 19.8 Å². The van der Waals surface area contributed by atoms with Crippen molar-refractivity contribution in [2.75, 3.05) is 30.1 Å². The first-order chi connectivity index (χ1) is 19.0. The summed E-state index contributed by atoms with van der Waals surface area (Å²) in [5, 5.41) is 9.14. The van der Waals surface area contributed by atoms with Gasteiger partial charge in [-0.15, -0.1) is 0 Å². The van der Waals surface area contributed by atoms with Crippen LogP contribution in [0.1, 0.15) is 28.8 Å². The van der Waals surface area contributed by atoms with E-state index >= 15 is 0 Å². The van der Waals surface area contributed by atoms with Crippen LogP contribution in [0.4, 0.5) is 11.5 Å². The van der Waals surface area contributed by atoms with Gasteiger partial charge in [0.25, 0.3) is 0 Å². The molecule has 2 N–H and O–H groups in total. The lowest BCUT2D eigenvalue weighted by atomic mass is 9.98. The maximum absolute atomic E-state index is 11.1. The second-order valence-corrected chi connectivity index (χ2v) is 9.57. The molecule has 0 amide bonds. The predicted octanol–water partition coefficient (Wildman–Crippen LogP) is 6.58. The van der Waals surface area contributed by atoms with Gasteiger partial charge < -0.3 is 24.3 Å². The molecule has 3 aromatic carbocycles. The Labute approximate surface area is 227 Å². The lowest BCUT2D eigenvalue weighted by Crippen LogP contribution is -2.36. The Hall–Kier alpha value is -4.72. The van der Waals surface area contributed by atoms with Gasteiger partial charge in [0.05, 0.1) is 24.1 Å². The number of nitrogens with zero attached hydrogens (tertiary/aromatic N) is 2. The molecule has 1 fully saturated rings. The van der Waals surface area contributed by atoms with E-state index in [1.807, 2.05) is 67.6 Å². The van der Waals surface area contributed by atoms with Gasteiger partial charge in [-0.2, -0.15) is 0 Å². The number of ether oxygens (including phenoxy) is 2. The summed E-state index contributed by atoms with van der Waals surface area (Å²) in [4.78, 5) is 23.7. The minimum absolute atomic E-state index is 0.233. The van der Waals surface area contributed by atoms with Crippen LogP contribution < -0.4 is 24.7 Å². The van der Waals surface area contributed by atoms with Gasteiger partial charge in [0.2, 0.25) is 0 Å². The molecule has 8 heteroatoms. The molecule has 200 valence electrons. The van der Waals surface area contributed by atoms with Crippen molar-refractivity contribution < 1.29 is 24.2 Å². The van der Waals surface area contributed by atoms with E-state index < -0.39 is 5.97 Å². The number of piperidine rings is 1. The van der Waals surface area contributed by atoms with Crippen LogP contribution >= 0.6 is 0 Å². The van der Waals surface area contributed by atoms with Crippen molar-refractivity contribution >= 4 is 17.5 Å². The van der Waals surface area contributed by atoms with Crippen molar-refractivity contribution in [2.24, 2.45) is 5.92 Å². The number of anilines is 2. The summed E-state index contributed by atoms with van der Waals surface area (Å²) in [7, 11) is 0. The maximum Gasteiger partial charge on any atom is 0.335 e. The number of aromatic nitrogens is 1. The average Bonchev–Trinajstić information content (AvgIpc) is 2.97. The highest BCUT2D eigenvalue weighted by Crippen LogP contribution is 2.26. The van der Waals surface area contributed by atoms with Crippen LogP contribution in [-0.4, -0.2) is 35.8 Å². The van der Waals surface area contributed by atoms with E-state index in [0.717, 1.165) is 43.2 Å². The van der Waals surface area contributed by atoms with Gasteiger partial charge in [0.15, 0.2) is 5.75 Å². The molecule has 4 aromatic rings. The number of pyridine rings is 1. The molecule has 0 unspecified atom stereocenters. The van der Waals surface area contributed by atoms with E-state index in [2.05, 4.69) is 15.4 Å². The van der Waals surface area contributed by atoms with E-state index in [9.17, 15) is 4.79 Å². The predicted molar refractivity (Wildman–Crippen MR) is 150 cm³/mol. The first-order valence-electron chi connectivity index (χ1n) is 13.0. The number of benzene rings is 3. The van der Waals surface area contributed by atoms with Gasteiger partial charge in [-0.25, -0.2) is 15.3 Å². The monoisotopic (exact) mass is 525 g/mol. The van der Waals surface area contributed by atoms with Crippen molar-refractivity contribution in [3.05, 3.63) is 102 Å². The topological polar surface area (TPSA) is 93.1 Å². The number of nitrogens with one attached hydrogen (secondary N) is 1. The number of hydrogen-bond acceptors (Lipinski definition) is 7. The van der Waals surface area contributed by atoms with Crippen LogP contribution in [0, 0.1) is 12.8 Å². The lowest BCUT2D eigenvalue weighted by Gasteiger charge is -2.32. The highest BCUT2D eigenvalue weighted by atomic mass is 16.6.